The highest BCUT2D eigenvalue weighted by Gasteiger charge is 2.41. The molecule has 152 valence electrons. The van der Waals surface area contributed by atoms with E-state index >= 15 is 0 Å². The Balaban J connectivity index is 0.00000364. The van der Waals surface area contributed by atoms with Gasteiger partial charge in [0.2, 0.25) is 5.91 Å². The maximum Gasteiger partial charge on any atom is 0.230 e. The highest BCUT2D eigenvalue weighted by atomic mass is 127. The zero-order valence-corrected chi connectivity index (χ0v) is 19.3. The third kappa shape index (κ3) is 7.31. The van der Waals surface area contributed by atoms with Crippen molar-refractivity contribution in [3.63, 3.8) is 0 Å². The van der Waals surface area contributed by atoms with Gasteiger partial charge in [-0.3, -0.25) is 9.79 Å². The van der Waals surface area contributed by atoms with Crippen molar-refractivity contribution in [3.8, 4) is 0 Å². The average molecular weight is 486 g/mol. The number of hydrogen-bond donors (Lipinski definition) is 2. The Morgan fingerprint density at radius 3 is 2.41 bits per heavy atom. The Morgan fingerprint density at radius 1 is 1.15 bits per heavy atom. The van der Waals surface area contributed by atoms with Gasteiger partial charge in [-0.2, -0.15) is 0 Å². The van der Waals surface area contributed by atoms with E-state index in [2.05, 4.69) is 41.8 Å². The second-order valence-corrected chi connectivity index (χ2v) is 7.40. The predicted octanol–water partition coefficient (Wildman–Crippen LogP) is 3.44. The zero-order chi connectivity index (χ0) is 18.8. The summed E-state index contributed by atoms with van der Waals surface area (Å²) < 4.78 is 0. The molecule has 5 nitrogen and oxygen atoms in total. The molecule has 1 saturated carbocycles. The number of carbonyl (C=O) groups is 1. The fraction of sp³-hybridized carbons (Fsp3) is 0.619. The summed E-state index contributed by atoms with van der Waals surface area (Å²) in [5.41, 5.74) is 1.05. The van der Waals surface area contributed by atoms with Crippen LogP contribution in [0.4, 0.5) is 0 Å². The summed E-state index contributed by atoms with van der Waals surface area (Å²) in [7, 11) is 3.69. The number of aryl methyl sites for hydroxylation is 1. The van der Waals surface area contributed by atoms with Gasteiger partial charge >= 0.3 is 0 Å². The smallest absolute Gasteiger partial charge is 0.230 e. The number of aliphatic imine (C=N–C) groups is 1. The van der Waals surface area contributed by atoms with Gasteiger partial charge in [-0.25, -0.2) is 0 Å². The number of hydrogen-bond acceptors (Lipinski definition) is 2. The van der Waals surface area contributed by atoms with Crippen LogP contribution in [0.1, 0.15) is 44.6 Å². The molecule has 0 bridgehead atoms. The Kier molecular flexibility index (Phi) is 10.7. The van der Waals surface area contributed by atoms with E-state index in [1.165, 1.54) is 5.56 Å². The van der Waals surface area contributed by atoms with Crippen LogP contribution in [0.2, 0.25) is 0 Å². The van der Waals surface area contributed by atoms with E-state index in [4.69, 9.17) is 4.99 Å². The number of nitrogens with zero attached hydrogens (tertiary/aromatic N) is 2. The molecular weight excluding hydrogens is 451 g/mol. The Morgan fingerprint density at radius 2 is 1.81 bits per heavy atom. The molecule has 2 rings (SSSR count). The predicted molar refractivity (Wildman–Crippen MR) is 124 cm³/mol. The molecule has 0 aliphatic heterocycles. The number of halogens is 1. The van der Waals surface area contributed by atoms with E-state index in [0.717, 1.165) is 57.6 Å². The van der Waals surface area contributed by atoms with E-state index in [-0.39, 0.29) is 35.3 Å². The topological polar surface area (TPSA) is 56.7 Å². The highest BCUT2D eigenvalue weighted by Crippen LogP contribution is 2.39. The molecular formula is C21H35IN4O. The summed E-state index contributed by atoms with van der Waals surface area (Å²) in [5.74, 6) is 1.04. The van der Waals surface area contributed by atoms with Crippen molar-refractivity contribution in [1.29, 1.82) is 0 Å². The quantitative estimate of drug-likeness (QED) is 0.256. The molecule has 0 unspecified atom stereocenters. The summed E-state index contributed by atoms with van der Waals surface area (Å²) in [6.07, 6.45) is 6.24. The first-order chi connectivity index (χ1) is 12.6. The molecule has 1 aliphatic carbocycles. The maximum atomic E-state index is 12.7. The molecule has 1 aromatic rings. The summed E-state index contributed by atoms with van der Waals surface area (Å²) >= 11 is 0. The SMILES string of the molecule is CCNC(=NCC1(C(=O)N(C)C)CCCC1)NCCCc1ccccc1.I. The monoisotopic (exact) mass is 486 g/mol. The molecule has 0 aromatic heterocycles. The van der Waals surface area contributed by atoms with Crippen LogP contribution in [-0.4, -0.2) is 50.5 Å². The van der Waals surface area contributed by atoms with Crippen LogP contribution in [0.3, 0.4) is 0 Å². The first-order valence-electron chi connectivity index (χ1n) is 9.85. The molecule has 1 fully saturated rings. The van der Waals surface area contributed by atoms with Gasteiger partial charge in [0.1, 0.15) is 0 Å². The molecule has 1 aliphatic rings. The van der Waals surface area contributed by atoms with Crippen LogP contribution < -0.4 is 10.6 Å². The van der Waals surface area contributed by atoms with Crippen molar-refractivity contribution < 1.29 is 4.79 Å². The molecule has 1 aromatic carbocycles. The first-order valence-corrected chi connectivity index (χ1v) is 9.85. The van der Waals surface area contributed by atoms with Crippen LogP contribution in [0.15, 0.2) is 35.3 Å². The Bertz CT molecular complexity index is 583. The highest BCUT2D eigenvalue weighted by molar-refractivity contribution is 14.0. The summed E-state index contributed by atoms with van der Waals surface area (Å²) in [6, 6.07) is 10.5. The molecule has 2 N–H and O–H groups in total. The average Bonchev–Trinajstić information content (AvgIpc) is 3.13. The van der Waals surface area contributed by atoms with Crippen molar-refractivity contribution in [3.05, 3.63) is 35.9 Å². The van der Waals surface area contributed by atoms with Gasteiger partial charge < -0.3 is 15.5 Å². The lowest BCUT2D eigenvalue weighted by Gasteiger charge is -2.29. The second kappa shape index (κ2) is 12.2. The first kappa shape index (κ1) is 23.7. The van der Waals surface area contributed by atoms with Gasteiger partial charge in [-0.15, -0.1) is 24.0 Å². The number of benzene rings is 1. The summed E-state index contributed by atoms with van der Waals surface area (Å²) in [4.78, 5) is 19.2. The van der Waals surface area contributed by atoms with Crippen molar-refractivity contribution in [2.75, 3.05) is 33.7 Å². The van der Waals surface area contributed by atoms with Crippen LogP contribution in [0.25, 0.3) is 0 Å². The standard InChI is InChI=1S/C21H34N4O.HI/c1-4-22-20(23-16-10-13-18-11-6-5-7-12-18)24-17-21(14-8-9-15-21)19(26)25(2)3;/h5-7,11-12H,4,8-10,13-17H2,1-3H3,(H2,22,23,24);1H. The van der Waals surface area contributed by atoms with E-state index in [9.17, 15) is 4.79 Å². The summed E-state index contributed by atoms with van der Waals surface area (Å²) in [5, 5.41) is 6.72. The number of guanidine groups is 1. The Hall–Kier alpha value is -1.31. The molecule has 0 atom stereocenters. The summed E-state index contributed by atoms with van der Waals surface area (Å²) in [6.45, 7) is 4.32. The van der Waals surface area contributed by atoms with Gasteiger partial charge in [0.25, 0.3) is 0 Å². The zero-order valence-electron chi connectivity index (χ0n) is 17.0. The van der Waals surface area contributed by atoms with Gasteiger partial charge in [-0.05, 0) is 38.2 Å². The molecule has 27 heavy (non-hydrogen) atoms. The molecule has 0 radical (unpaired) electrons. The van der Waals surface area contributed by atoms with E-state index in [1.807, 2.05) is 20.2 Å². The third-order valence-corrected chi connectivity index (χ3v) is 5.08. The van der Waals surface area contributed by atoms with Gasteiger partial charge in [0, 0.05) is 27.2 Å². The van der Waals surface area contributed by atoms with Crippen molar-refractivity contribution >= 4 is 35.8 Å². The van der Waals surface area contributed by atoms with Gasteiger partial charge in [0.05, 0.1) is 12.0 Å². The van der Waals surface area contributed by atoms with Gasteiger partial charge in [-0.1, -0.05) is 43.2 Å². The van der Waals surface area contributed by atoms with Crippen molar-refractivity contribution in [2.45, 2.75) is 45.4 Å². The normalized spacial score (nSPS) is 15.7. The van der Waals surface area contributed by atoms with Gasteiger partial charge in [0.15, 0.2) is 5.96 Å². The fourth-order valence-corrected chi connectivity index (χ4v) is 3.68. The largest absolute Gasteiger partial charge is 0.357 e. The number of rotatable bonds is 8. The molecule has 6 heteroatoms. The number of amides is 1. The lowest BCUT2D eigenvalue weighted by molar-refractivity contribution is -0.138. The minimum Gasteiger partial charge on any atom is -0.357 e. The lowest BCUT2D eigenvalue weighted by atomic mass is 9.85. The van der Waals surface area contributed by atoms with Crippen LogP contribution in [0.5, 0.6) is 0 Å². The molecule has 1 amide bonds. The van der Waals surface area contributed by atoms with E-state index < -0.39 is 0 Å². The third-order valence-electron chi connectivity index (χ3n) is 5.08. The number of nitrogens with one attached hydrogen (secondary N) is 2. The number of carbonyl (C=O) groups excluding carboxylic acids is 1. The molecule has 0 heterocycles. The van der Waals surface area contributed by atoms with Crippen LogP contribution in [0, 0.1) is 5.41 Å². The molecule has 0 spiro atoms. The van der Waals surface area contributed by atoms with E-state index in [1.54, 1.807) is 4.90 Å². The minimum atomic E-state index is -0.310. The fourth-order valence-electron chi connectivity index (χ4n) is 3.68. The van der Waals surface area contributed by atoms with Crippen molar-refractivity contribution in [1.82, 2.24) is 15.5 Å². The van der Waals surface area contributed by atoms with Crippen molar-refractivity contribution in [2.24, 2.45) is 10.4 Å². The Labute approximate surface area is 181 Å². The second-order valence-electron chi connectivity index (χ2n) is 7.40. The van der Waals surface area contributed by atoms with Crippen LogP contribution >= 0.6 is 24.0 Å². The van der Waals surface area contributed by atoms with Crippen LogP contribution in [-0.2, 0) is 11.2 Å². The molecule has 0 saturated heterocycles. The maximum absolute atomic E-state index is 12.7. The lowest BCUT2D eigenvalue weighted by Crippen LogP contribution is -2.43. The van der Waals surface area contributed by atoms with E-state index in [0.29, 0.717) is 6.54 Å². The minimum absolute atomic E-state index is 0.